The second-order valence-corrected chi connectivity index (χ2v) is 6.09. The maximum Gasteiger partial charge on any atom is 0.269 e. The first kappa shape index (κ1) is 15.5. The van der Waals surface area contributed by atoms with Crippen LogP contribution in [0.25, 0.3) is 11.3 Å². The van der Waals surface area contributed by atoms with Gasteiger partial charge in [-0.15, -0.1) is 11.3 Å². The van der Waals surface area contributed by atoms with Crippen molar-refractivity contribution in [2.24, 2.45) is 4.99 Å². The zero-order valence-corrected chi connectivity index (χ0v) is 13.7. The van der Waals surface area contributed by atoms with E-state index in [2.05, 4.69) is 16.5 Å². The van der Waals surface area contributed by atoms with Gasteiger partial charge in [-0.05, 0) is 38.3 Å². The number of non-ortho nitro benzene ring substituents is 1. The smallest absolute Gasteiger partial charge is 0.269 e. The first-order valence-corrected chi connectivity index (χ1v) is 8.49. The summed E-state index contributed by atoms with van der Waals surface area (Å²) >= 11 is 1.56. The highest BCUT2D eigenvalue weighted by atomic mass is 32.1. The number of nitrogens with one attached hydrogen (secondary N) is 1. The molecule has 0 fully saturated rings. The van der Waals surface area contributed by atoms with Gasteiger partial charge in [0.15, 0.2) is 0 Å². The predicted molar refractivity (Wildman–Crippen MR) is 91.8 cm³/mol. The summed E-state index contributed by atoms with van der Waals surface area (Å²) < 4.78 is 1.98. The van der Waals surface area contributed by atoms with Gasteiger partial charge in [0.1, 0.15) is 0 Å². The molecule has 120 valence electrons. The van der Waals surface area contributed by atoms with E-state index in [0.717, 1.165) is 28.9 Å². The van der Waals surface area contributed by atoms with Gasteiger partial charge in [0.25, 0.3) is 5.69 Å². The molecule has 6 nitrogen and oxygen atoms in total. The van der Waals surface area contributed by atoms with E-state index in [4.69, 9.17) is 0 Å². The Hall–Kier alpha value is -2.41. The van der Waals surface area contributed by atoms with Crippen LogP contribution in [-0.4, -0.2) is 16.1 Å². The standard InChI is InChI=1S/C16H18N4O2S/c1-2-17-16-19(18-13-5-3-4-6-13)15(11-23-16)12-7-9-14(10-8-12)20(21)22/h5,7-11,18H,2-4,6H2,1H3. The lowest BCUT2D eigenvalue weighted by Crippen LogP contribution is -2.25. The molecule has 3 rings (SSSR count). The molecule has 0 saturated carbocycles. The fourth-order valence-corrected chi connectivity index (χ4v) is 3.45. The lowest BCUT2D eigenvalue weighted by Gasteiger charge is -2.12. The molecule has 0 spiro atoms. The van der Waals surface area contributed by atoms with Crippen molar-refractivity contribution in [2.45, 2.75) is 26.2 Å². The molecule has 0 atom stereocenters. The van der Waals surface area contributed by atoms with Gasteiger partial charge in [-0.25, -0.2) is 4.68 Å². The minimum absolute atomic E-state index is 0.0976. The minimum atomic E-state index is -0.384. The molecule has 0 radical (unpaired) electrons. The third-order valence-electron chi connectivity index (χ3n) is 3.67. The number of rotatable bonds is 5. The van der Waals surface area contributed by atoms with E-state index in [0.29, 0.717) is 6.54 Å². The molecule has 7 heteroatoms. The van der Waals surface area contributed by atoms with Gasteiger partial charge < -0.3 is 0 Å². The summed E-state index contributed by atoms with van der Waals surface area (Å²) in [6, 6.07) is 6.61. The molecule has 2 aromatic rings. The number of nitro benzene ring substituents is 1. The molecule has 1 aliphatic carbocycles. The number of allylic oxidation sites excluding steroid dienone is 2. The average molecular weight is 330 g/mol. The normalized spacial score (nSPS) is 14.8. The van der Waals surface area contributed by atoms with E-state index in [9.17, 15) is 10.1 Å². The Labute approximate surface area is 137 Å². The van der Waals surface area contributed by atoms with Crippen LogP contribution in [0.5, 0.6) is 0 Å². The van der Waals surface area contributed by atoms with Crippen molar-refractivity contribution in [2.75, 3.05) is 12.0 Å². The quantitative estimate of drug-likeness (QED) is 0.672. The third kappa shape index (κ3) is 3.34. The van der Waals surface area contributed by atoms with Crippen molar-refractivity contribution in [3.05, 3.63) is 56.3 Å². The van der Waals surface area contributed by atoms with E-state index in [1.54, 1.807) is 23.5 Å². The molecule has 0 amide bonds. The summed E-state index contributed by atoms with van der Waals surface area (Å²) in [6.07, 6.45) is 5.51. The highest BCUT2D eigenvalue weighted by molar-refractivity contribution is 7.07. The number of nitro groups is 1. The second kappa shape index (κ2) is 6.78. The molecule has 1 aromatic carbocycles. The lowest BCUT2D eigenvalue weighted by molar-refractivity contribution is -0.384. The molecule has 1 aromatic heterocycles. The Bertz CT molecular complexity index is 802. The van der Waals surface area contributed by atoms with E-state index in [-0.39, 0.29) is 10.6 Å². The Kier molecular flexibility index (Phi) is 4.57. The fraction of sp³-hybridized carbons (Fsp3) is 0.312. The maximum absolute atomic E-state index is 10.8. The third-order valence-corrected chi connectivity index (χ3v) is 4.54. The highest BCUT2D eigenvalue weighted by Crippen LogP contribution is 2.24. The largest absolute Gasteiger partial charge is 0.296 e. The van der Waals surface area contributed by atoms with Crippen LogP contribution in [0, 0.1) is 10.1 Å². The number of hydrogen-bond donors (Lipinski definition) is 1. The molecular weight excluding hydrogens is 312 g/mol. The van der Waals surface area contributed by atoms with Crippen LogP contribution in [0.1, 0.15) is 26.2 Å². The Morgan fingerprint density at radius 3 is 2.78 bits per heavy atom. The lowest BCUT2D eigenvalue weighted by atomic mass is 10.1. The van der Waals surface area contributed by atoms with Crippen molar-refractivity contribution < 1.29 is 4.92 Å². The van der Waals surface area contributed by atoms with Gasteiger partial charge in [0.05, 0.1) is 10.6 Å². The molecule has 1 aliphatic rings. The summed E-state index contributed by atoms with van der Waals surface area (Å²) in [4.78, 5) is 15.8. The van der Waals surface area contributed by atoms with Gasteiger partial charge in [-0.1, -0.05) is 6.08 Å². The summed E-state index contributed by atoms with van der Waals surface area (Å²) in [5.74, 6) is 0. The summed E-state index contributed by atoms with van der Waals surface area (Å²) in [5.41, 5.74) is 6.62. The first-order valence-electron chi connectivity index (χ1n) is 7.61. The van der Waals surface area contributed by atoms with Crippen LogP contribution in [0.2, 0.25) is 0 Å². The van der Waals surface area contributed by atoms with Crippen molar-refractivity contribution >= 4 is 17.0 Å². The number of benzene rings is 1. The number of hydrogen-bond acceptors (Lipinski definition) is 5. The van der Waals surface area contributed by atoms with Crippen LogP contribution in [0.4, 0.5) is 5.69 Å². The van der Waals surface area contributed by atoms with Gasteiger partial charge in [0, 0.05) is 35.3 Å². The molecule has 0 aliphatic heterocycles. The summed E-state index contributed by atoms with van der Waals surface area (Å²) in [6.45, 7) is 2.71. The van der Waals surface area contributed by atoms with Crippen LogP contribution >= 0.6 is 11.3 Å². The van der Waals surface area contributed by atoms with Crippen LogP contribution in [0.15, 0.2) is 46.4 Å². The van der Waals surface area contributed by atoms with Crippen molar-refractivity contribution in [3.63, 3.8) is 0 Å². The second-order valence-electron chi connectivity index (χ2n) is 5.25. The van der Waals surface area contributed by atoms with Crippen molar-refractivity contribution in [1.29, 1.82) is 0 Å². The molecule has 1 N–H and O–H groups in total. The van der Waals surface area contributed by atoms with Crippen LogP contribution < -0.4 is 10.2 Å². The Morgan fingerprint density at radius 1 is 1.39 bits per heavy atom. The SMILES string of the molecule is CCN=c1scc(-c2ccc([N+](=O)[O-])cc2)n1NC1=CCCC1. The minimum Gasteiger partial charge on any atom is -0.296 e. The first-order chi connectivity index (χ1) is 11.2. The number of aromatic nitrogens is 1. The van der Waals surface area contributed by atoms with E-state index >= 15 is 0 Å². The summed E-state index contributed by atoms with van der Waals surface area (Å²) in [5, 5.41) is 12.8. The van der Waals surface area contributed by atoms with Gasteiger partial charge >= 0.3 is 0 Å². The number of nitrogens with zero attached hydrogens (tertiary/aromatic N) is 3. The zero-order valence-electron chi connectivity index (χ0n) is 12.9. The highest BCUT2D eigenvalue weighted by Gasteiger charge is 2.12. The van der Waals surface area contributed by atoms with Crippen molar-refractivity contribution in [3.8, 4) is 11.3 Å². The number of thiazole rings is 1. The monoisotopic (exact) mass is 330 g/mol. The molecule has 0 saturated heterocycles. The van der Waals surface area contributed by atoms with Crippen molar-refractivity contribution in [1.82, 2.24) is 4.68 Å². The van der Waals surface area contributed by atoms with Crippen LogP contribution in [0.3, 0.4) is 0 Å². The molecule has 1 heterocycles. The predicted octanol–water partition coefficient (Wildman–Crippen LogP) is 3.66. The molecule has 23 heavy (non-hydrogen) atoms. The maximum atomic E-state index is 10.8. The van der Waals surface area contributed by atoms with E-state index in [1.807, 2.05) is 17.0 Å². The van der Waals surface area contributed by atoms with E-state index < -0.39 is 0 Å². The Morgan fingerprint density at radius 2 is 2.17 bits per heavy atom. The van der Waals surface area contributed by atoms with Gasteiger partial charge in [-0.2, -0.15) is 0 Å². The topological polar surface area (TPSA) is 72.5 Å². The van der Waals surface area contributed by atoms with Crippen LogP contribution in [-0.2, 0) is 0 Å². The summed E-state index contributed by atoms with van der Waals surface area (Å²) in [7, 11) is 0. The zero-order chi connectivity index (χ0) is 16.2. The average Bonchev–Trinajstić information content (AvgIpc) is 3.19. The fourth-order valence-electron chi connectivity index (χ4n) is 2.54. The Balaban J connectivity index is 2.01. The van der Waals surface area contributed by atoms with Gasteiger partial charge in [0.2, 0.25) is 4.80 Å². The molecule has 0 bridgehead atoms. The molecule has 0 unspecified atom stereocenters. The molecular formula is C16H18N4O2S. The van der Waals surface area contributed by atoms with E-state index in [1.165, 1.54) is 24.3 Å². The van der Waals surface area contributed by atoms with Gasteiger partial charge in [-0.3, -0.25) is 20.5 Å².